The van der Waals surface area contributed by atoms with Crippen molar-refractivity contribution in [1.29, 1.82) is 0 Å². The normalized spacial score (nSPS) is 28.1. The van der Waals surface area contributed by atoms with Crippen LogP contribution in [0.1, 0.15) is 35.5 Å². The smallest absolute Gasteiger partial charge is 0.233 e. The van der Waals surface area contributed by atoms with E-state index in [4.69, 9.17) is 9.26 Å². The van der Waals surface area contributed by atoms with Gasteiger partial charge in [-0.1, -0.05) is 23.4 Å². The first kappa shape index (κ1) is 13.2. The van der Waals surface area contributed by atoms with Crippen LogP contribution in [0.5, 0.6) is 5.75 Å². The molecule has 3 heterocycles. The summed E-state index contributed by atoms with van der Waals surface area (Å²) in [4.78, 5) is 4.56. The lowest BCUT2D eigenvalue weighted by Gasteiger charge is -2.23. The molecular formula is C15H16N2O3S. The molecule has 3 unspecified atom stereocenters. The van der Waals surface area contributed by atoms with Gasteiger partial charge in [0.2, 0.25) is 5.89 Å². The van der Waals surface area contributed by atoms with E-state index >= 15 is 0 Å². The second-order valence-corrected chi connectivity index (χ2v) is 6.50. The first-order chi connectivity index (χ1) is 10.3. The fraction of sp³-hybridized carbons (Fsp3) is 0.467. The van der Waals surface area contributed by atoms with Crippen molar-refractivity contribution in [3.63, 3.8) is 0 Å². The highest BCUT2D eigenvalue weighted by Crippen LogP contribution is 2.38. The van der Waals surface area contributed by atoms with Gasteiger partial charge in [-0.15, -0.1) is 0 Å². The summed E-state index contributed by atoms with van der Waals surface area (Å²) in [6.07, 6.45) is 0.461. The fourth-order valence-electron chi connectivity index (χ4n) is 2.93. The molecule has 1 fully saturated rings. The van der Waals surface area contributed by atoms with Gasteiger partial charge in [-0.25, -0.2) is 0 Å². The van der Waals surface area contributed by atoms with E-state index in [1.165, 1.54) is 0 Å². The van der Waals surface area contributed by atoms with E-state index in [1.807, 2.05) is 18.2 Å². The molecule has 2 aromatic rings. The van der Waals surface area contributed by atoms with E-state index in [0.29, 0.717) is 18.3 Å². The molecule has 1 saturated heterocycles. The molecule has 5 nitrogen and oxygen atoms in total. The van der Waals surface area contributed by atoms with Gasteiger partial charge in [0, 0.05) is 17.1 Å². The molecule has 110 valence electrons. The standard InChI is InChI=1S/C15H16N2O3S/c18-12-8-21-7-11(12)15-16-14(17-20-15)10-5-6-19-13-4-2-1-3-9(10)13/h1-4,10-12,18H,5-8H2. The van der Waals surface area contributed by atoms with Gasteiger partial charge >= 0.3 is 0 Å². The number of ether oxygens (including phenoxy) is 1. The molecule has 0 spiro atoms. The Balaban J connectivity index is 1.65. The highest BCUT2D eigenvalue weighted by atomic mass is 32.2. The molecule has 3 atom stereocenters. The summed E-state index contributed by atoms with van der Waals surface area (Å²) in [7, 11) is 0. The quantitative estimate of drug-likeness (QED) is 0.917. The largest absolute Gasteiger partial charge is 0.493 e. The number of hydrogen-bond acceptors (Lipinski definition) is 6. The van der Waals surface area contributed by atoms with E-state index < -0.39 is 0 Å². The molecule has 1 aromatic heterocycles. The van der Waals surface area contributed by atoms with Gasteiger partial charge in [-0.05, 0) is 12.5 Å². The Labute approximate surface area is 126 Å². The van der Waals surface area contributed by atoms with Crippen LogP contribution in [-0.2, 0) is 0 Å². The predicted molar refractivity (Wildman–Crippen MR) is 78.8 cm³/mol. The lowest BCUT2D eigenvalue weighted by Crippen LogP contribution is -2.17. The maximum atomic E-state index is 9.95. The number of hydrogen-bond donors (Lipinski definition) is 1. The zero-order chi connectivity index (χ0) is 14.2. The number of aliphatic hydroxyl groups is 1. The van der Waals surface area contributed by atoms with Crippen LogP contribution >= 0.6 is 11.8 Å². The zero-order valence-electron chi connectivity index (χ0n) is 11.4. The minimum Gasteiger partial charge on any atom is -0.493 e. The second-order valence-electron chi connectivity index (χ2n) is 5.43. The lowest BCUT2D eigenvalue weighted by atomic mass is 9.92. The van der Waals surface area contributed by atoms with Crippen LogP contribution in [0.2, 0.25) is 0 Å². The van der Waals surface area contributed by atoms with Gasteiger partial charge in [0.05, 0.1) is 24.5 Å². The molecule has 1 N–H and O–H groups in total. The van der Waals surface area contributed by atoms with E-state index in [0.717, 1.165) is 29.2 Å². The lowest BCUT2D eigenvalue weighted by molar-refractivity contribution is 0.164. The summed E-state index contributed by atoms with van der Waals surface area (Å²) in [5.41, 5.74) is 1.11. The Morgan fingerprint density at radius 1 is 1.24 bits per heavy atom. The summed E-state index contributed by atoms with van der Waals surface area (Å²) in [6, 6.07) is 7.99. The predicted octanol–water partition coefficient (Wildman–Crippen LogP) is 2.18. The third-order valence-electron chi connectivity index (χ3n) is 4.10. The number of aromatic nitrogens is 2. The van der Waals surface area contributed by atoms with Crippen molar-refractivity contribution in [3.8, 4) is 5.75 Å². The zero-order valence-corrected chi connectivity index (χ0v) is 12.3. The van der Waals surface area contributed by atoms with Gasteiger partial charge in [-0.3, -0.25) is 0 Å². The van der Waals surface area contributed by atoms with Crippen LogP contribution in [-0.4, -0.2) is 39.5 Å². The minimum atomic E-state index is -0.384. The average molecular weight is 304 g/mol. The van der Waals surface area contributed by atoms with Crippen LogP contribution in [0.4, 0.5) is 0 Å². The highest BCUT2D eigenvalue weighted by Gasteiger charge is 2.34. The maximum absolute atomic E-state index is 9.95. The molecular weight excluding hydrogens is 288 g/mol. The summed E-state index contributed by atoms with van der Waals surface area (Å²) < 4.78 is 11.1. The van der Waals surface area contributed by atoms with Crippen molar-refractivity contribution in [1.82, 2.24) is 10.1 Å². The highest BCUT2D eigenvalue weighted by molar-refractivity contribution is 7.99. The van der Waals surface area contributed by atoms with Crippen molar-refractivity contribution in [2.45, 2.75) is 24.4 Å². The van der Waals surface area contributed by atoms with Gasteiger partial charge in [-0.2, -0.15) is 16.7 Å². The van der Waals surface area contributed by atoms with E-state index in [2.05, 4.69) is 16.2 Å². The first-order valence-corrected chi connectivity index (χ1v) is 8.29. The molecule has 0 amide bonds. The van der Waals surface area contributed by atoms with Crippen molar-refractivity contribution in [3.05, 3.63) is 41.5 Å². The van der Waals surface area contributed by atoms with Crippen molar-refractivity contribution < 1.29 is 14.4 Å². The number of aliphatic hydroxyl groups excluding tert-OH is 1. The van der Waals surface area contributed by atoms with Crippen molar-refractivity contribution >= 4 is 11.8 Å². The Morgan fingerprint density at radius 2 is 2.14 bits per heavy atom. The summed E-state index contributed by atoms with van der Waals surface area (Å²) >= 11 is 1.72. The molecule has 21 heavy (non-hydrogen) atoms. The molecule has 1 aromatic carbocycles. The molecule has 0 aliphatic carbocycles. The second kappa shape index (κ2) is 5.35. The number of nitrogens with zero attached hydrogens (tertiary/aromatic N) is 2. The molecule has 6 heteroatoms. The molecule has 4 rings (SSSR count). The van der Waals surface area contributed by atoms with Gasteiger partial charge in [0.25, 0.3) is 0 Å². The maximum Gasteiger partial charge on any atom is 0.233 e. The Kier molecular flexibility index (Phi) is 3.35. The van der Waals surface area contributed by atoms with Gasteiger partial charge in [0.1, 0.15) is 5.75 Å². The topological polar surface area (TPSA) is 68.4 Å². The summed E-state index contributed by atoms with van der Waals surface area (Å²) in [5.74, 6) is 3.81. The number of thioether (sulfide) groups is 1. The molecule has 0 saturated carbocycles. The van der Waals surface area contributed by atoms with Crippen LogP contribution in [0.3, 0.4) is 0 Å². The monoisotopic (exact) mass is 304 g/mol. The third-order valence-corrected chi connectivity index (χ3v) is 5.27. The average Bonchev–Trinajstić information content (AvgIpc) is 3.15. The van der Waals surface area contributed by atoms with Gasteiger partial charge in [0.15, 0.2) is 5.82 Å². The number of fused-ring (bicyclic) bond motifs is 1. The summed E-state index contributed by atoms with van der Waals surface area (Å²) in [6.45, 7) is 0.660. The minimum absolute atomic E-state index is 0.0358. The van der Waals surface area contributed by atoms with Gasteiger partial charge < -0.3 is 14.4 Å². The van der Waals surface area contributed by atoms with Crippen LogP contribution in [0.25, 0.3) is 0 Å². The van der Waals surface area contributed by atoms with Crippen LogP contribution in [0.15, 0.2) is 28.8 Å². The molecule has 2 aliphatic heterocycles. The number of rotatable bonds is 2. The van der Waals surface area contributed by atoms with E-state index in [-0.39, 0.29) is 17.9 Å². The van der Waals surface area contributed by atoms with E-state index in [1.54, 1.807) is 11.8 Å². The van der Waals surface area contributed by atoms with Crippen LogP contribution in [0, 0.1) is 0 Å². The first-order valence-electron chi connectivity index (χ1n) is 7.14. The number of benzene rings is 1. The SMILES string of the molecule is OC1CSCC1c1nc(C2CCOc3ccccc32)no1. The third kappa shape index (κ3) is 2.32. The fourth-order valence-corrected chi connectivity index (χ4v) is 4.16. The van der Waals surface area contributed by atoms with Crippen LogP contribution < -0.4 is 4.74 Å². The Hall–Kier alpha value is -1.53. The van der Waals surface area contributed by atoms with Crippen molar-refractivity contribution in [2.75, 3.05) is 18.1 Å². The van der Waals surface area contributed by atoms with Crippen molar-refractivity contribution in [2.24, 2.45) is 0 Å². The molecule has 0 bridgehead atoms. The molecule has 2 aliphatic rings. The van der Waals surface area contributed by atoms with E-state index in [9.17, 15) is 5.11 Å². The molecule has 0 radical (unpaired) electrons. The number of para-hydroxylation sites is 1. The Morgan fingerprint density at radius 3 is 3.00 bits per heavy atom. The Bertz CT molecular complexity index is 645. The summed E-state index contributed by atoms with van der Waals surface area (Å²) in [5, 5.41) is 14.1.